The highest BCUT2D eigenvalue weighted by Crippen LogP contribution is 2.62. The summed E-state index contributed by atoms with van der Waals surface area (Å²) in [5, 5.41) is 0. The van der Waals surface area contributed by atoms with Gasteiger partial charge in [-0.2, -0.15) is 4.31 Å². The molecule has 0 aromatic rings. The summed E-state index contributed by atoms with van der Waals surface area (Å²) in [5.74, 6) is 0. The Kier molecular flexibility index (Phi) is 2.76. The van der Waals surface area contributed by atoms with Gasteiger partial charge in [-0.1, -0.05) is 0 Å². The van der Waals surface area contributed by atoms with E-state index in [1.54, 1.807) is 0 Å². The third-order valence-corrected chi connectivity index (χ3v) is 3.72. The SMILES string of the molecule is CP(=O)(O)OP1(=O)OC=CCO1. The van der Waals surface area contributed by atoms with Crippen molar-refractivity contribution in [2.24, 2.45) is 0 Å². The molecule has 0 aliphatic carbocycles. The minimum atomic E-state index is -3.85. The highest BCUT2D eigenvalue weighted by molar-refractivity contribution is 7.64. The molecule has 0 saturated carbocycles. The molecule has 1 aliphatic heterocycles. The predicted octanol–water partition coefficient (Wildman–Crippen LogP) is 1.49. The molecule has 0 aromatic carbocycles. The summed E-state index contributed by atoms with van der Waals surface area (Å²) in [6, 6.07) is 0. The lowest BCUT2D eigenvalue weighted by Gasteiger charge is -2.19. The van der Waals surface area contributed by atoms with Crippen LogP contribution < -0.4 is 0 Å². The van der Waals surface area contributed by atoms with Gasteiger partial charge in [0.1, 0.15) is 0 Å². The number of hydrogen-bond acceptors (Lipinski definition) is 5. The molecular formula is C4H8O6P2. The Balaban J connectivity index is 2.68. The fourth-order valence-corrected chi connectivity index (χ4v) is 2.94. The third-order valence-electron chi connectivity index (χ3n) is 0.867. The molecule has 1 heterocycles. The van der Waals surface area contributed by atoms with E-state index in [4.69, 9.17) is 4.89 Å². The predicted molar refractivity (Wildman–Crippen MR) is 40.6 cm³/mol. The van der Waals surface area contributed by atoms with E-state index in [2.05, 4.69) is 13.4 Å². The zero-order valence-corrected chi connectivity index (χ0v) is 8.03. The molecule has 0 bridgehead atoms. The van der Waals surface area contributed by atoms with E-state index in [1.807, 2.05) is 0 Å². The van der Waals surface area contributed by atoms with Gasteiger partial charge in [-0.05, 0) is 6.08 Å². The average molecular weight is 214 g/mol. The minimum Gasteiger partial charge on any atom is -0.412 e. The molecule has 8 heteroatoms. The molecule has 1 aliphatic rings. The van der Waals surface area contributed by atoms with Crippen LogP contribution in [0, 0.1) is 0 Å². The zero-order valence-electron chi connectivity index (χ0n) is 6.24. The lowest BCUT2D eigenvalue weighted by Crippen LogP contribution is -2.00. The quantitative estimate of drug-likeness (QED) is 0.701. The van der Waals surface area contributed by atoms with Crippen LogP contribution in [-0.4, -0.2) is 18.2 Å². The summed E-state index contributed by atoms with van der Waals surface area (Å²) in [6.07, 6.45) is 2.57. The molecule has 0 amide bonds. The van der Waals surface area contributed by atoms with E-state index in [0.29, 0.717) is 0 Å². The smallest absolute Gasteiger partial charge is 0.412 e. The fraction of sp³-hybridized carbons (Fsp3) is 0.500. The van der Waals surface area contributed by atoms with Gasteiger partial charge in [0.25, 0.3) is 0 Å². The van der Waals surface area contributed by atoms with Gasteiger partial charge in [0.15, 0.2) is 0 Å². The molecule has 70 valence electrons. The Bertz CT molecular complexity index is 277. The number of rotatable bonds is 2. The van der Waals surface area contributed by atoms with Crippen LogP contribution in [0.1, 0.15) is 0 Å². The van der Waals surface area contributed by atoms with Gasteiger partial charge in [0.05, 0.1) is 12.9 Å². The van der Waals surface area contributed by atoms with Crippen molar-refractivity contribution in [1.29, 1.82) is 0 Å². The molecule has 0 saturated heterocycles. The molecule has 1 rings (SSSR count). The van der Waals surface area contributed by atoms with Crippen molar-refractivity contribution in [2.75, 3.05) is 13.3 Å². The van der Waals surface area contributed by atoms with E-state index < -0.39 is 15.4 Å². The van der Waals surface area contributed by atoms with E-state index in [9.17, 15) is 9.13 Å². The second-order valence-corrected chi connectivity index (χ2v) is 5.73. The Labute approximate surface area is 69.3 Å². The Morgan fingerprint density at radius 1 is 1.75 bits per heavy atom. The van der Waals surface area contributed by atoms with E-state index in [0.717, 1.165) is 12.9 Å². The molecule has 2 unspecified atom stereocenters. The molecular weight excluding hydrogens is 206 g/mol. The fourth-order valence-electron chi connectivity index (χ4n) is 0.550. The van der Waals surface area contributed by atoms with Crippen molar-refractivity contribution in [3.8, 4) is 0 Å². The summed E-state index contributed by atoms with van der Waals surface area (Å²) >= 11 is 0. The lowest BCUT2D eigenvalue weighted by atomic mass is 10.7. The Morgan fingerprint density at radius 2 is 2.42 bits per heavy atom. The number of hydrogen-bond donors (Lipinski definition) is 1. The average Bonchev–Trinajstić information content (AvgIpc) is 1.83. The summed E-state index contributed by atoms with van der Waals surface area (Å²) in [4.78, 5) is 8.71. The second-order valence-electron chi connectivity index (χ2n) is 2.10. The molecule has 6 nitrogen and oxygen atoms in total. The van der Waals surface area contributed by atoms with Crippen molar-refractivity contribution in [1.82, 2.24) is 0 Å². The Hall–Kier alpha value is -0.120. The lowest BCUT2D eigenvalue weighted by molar-refractivity contribution is 0.189. The summed E-state index contributed by atoms with van der Waals surface area (Å²) in [7, 11) is -7.68. The van der Waals surface area contributed by atoms with Crippen molar-refractivity contribution in [3.05, 3.63) is 12.3 Å². The van der Waals surface area contributed by atoms with Crippen LogP contribution in [0.25, 0.3) is 0 Å². The highest BCUT2D eigenvalue weighted by atomic mass is 31.3. The normalized spacial score (nSPS) is 33.8. The van der Waals surface area contributed by atoms with Crippen LogP contribution >= 0.6 is 15.4 Å². The van der Waals surface area contributed by atoms with Gasteiger partial charge in [-0.15, -0.1) is 0 Å². The highest BCUT2D eigenvalue weighted by Gasteiger charge is 2.35. The maximum Gasteiger partial charge on any atom is 0.537 e. The Morgan fingerprint density at radius 3 is 2.83 bits per heavy atom. The van der Waals surface area contributed by atoms with Crippen LogP contribution in [0.3, 0.4) is 0 Å². The summed E-state index contributed by atoms with van der Waals surface area (Å²) in [5.41, 5.74) is 0. The molecule has 1 N–H and O–H groups in total. The van der Waals surface area contributed by atoms with E-state index in [-0.39, 0.29) is 6.61 Å². The maximum atomic E-state index is 11.2. The largest absolute Gasteiger partial charge is 0.537 e. The van der Waals surface area contributed by atoms with Gasteiger partial charge >= 0.3 is 15.4 Å². The second kappa shape index (κ2) is 3.32. The van der Waals surface area contributed by atoms with Gasteiger partial charge in [-0.25, -0.2) is 4.57 Å². The molecule has 0 radical (unpaired) electrons. The molecule has 0 fully saturated rings. The topological polar surface area (TPSA) is 82.1 Å². The first-order valence-corrected chi connectivity index (χ1v) is 6.49. The van der Waals surface area contributed by atoms with E-state index >= 15 is 0 Å². The van der Waals surface area contributed by atoms with Crippen LogP contribution in [0.15, 0.2) is 12.3 Å². The monoisotopic (exact) mass is 214 g/mol. The molecule has 2 atom stereocenters. The maximum absolute atomic E-state index is 11.2. The third kappa shape index (κ3) is 3.09. The van der Waals surface area contributed by atoms with Crippen molar-refractivity contribution in [3.63, 3.8) is 0 Å². The van der Waals surface area contributed by atoms with Gasteiger partial charge < -0.3 is 9.42 Å². The first kappa shape index (κ1) is 9.96. The molecule has 12 heavy (non-hydrogen) atoms. The van der Waals surface area contributed by atoms with Crippen LogP contribution in [-0.2, 0) is 22.5 Å². The molecule has 0 aromatic heterocycles. The van der Waals surface area contributed by atoms with Crippen molar-refractivity contribution >= 4 is 15.4 Å². The zero-order chi connectivity index (χ0) is 9.24. The van der Waals surface area contributed by atoms with Crippen LogP contribution in [0.4, 0.5) is 0 Å². The van der Waals surface area contributed by atoms with Crippen LogP contribution in [0.5, 0.6) is 0 Å². The molecule has 0 spiro atoms. The van der Waals surface area contributed by atoms with E-state index in [1.165, 1.54) is 6.08 Å². The van der Waals surface area contributed by atoms with Crippen molar-refractivity contribution in [2.45, 2.75) is 0 Å². The van der Waals surface area contributed by atoms with Gasteiger partial charge in [0.2, 0.25) is 0 Å². The standard InChI is InChI=1S/C4H8O6P2/c1-11(5,6)10-12(7)8-3-2-4-9-12/h2-3H,4H2,1H3,(H,5,6). The van der Waals surface area contributed by atoms with Crippen LogP contribution in [0.2, 0.25) is 0 Å². The first-order chi connectivity index (χ1) is 5.41. The van der Waals surface area contributed by atoms with Gasteiger partial charge in [0, 0.05) is 6.66 Å². The minimum absolute atomic E-state index is 0.0390. The summed E-state index contributed by atoms with van der Waals surface area (Å²) < 4.78 is 35.1. The summed E-state index contributed by atoms with van der Waals surface area (Å²) in [6.45, 7) is 0.939. The number of phosphoric acid groups is 1. The van der Waals surface area contributed by atoms with Crippen molar-refractivity contribution < 1.29 is 27.4 Å². The first-order valence-electron chi connectivity index (χ1n) is 3.01. The van der Waals surface area contributed by atoms with Gasteiger partial charge in [-0.3, -0.25) is 9.09 Å². The number of phosphoric ester groups is 1.